The van der Waals surface area contributed by atoms with E-state index in [1.54, 1.807) is 6.07 Å². The second-order valence-electron chi connectivity index (χ2n) is 6.41. The molecule has 0 aliphatic heterocycles. The molecule has 112 valence electrons. The molecular weight excluding hydrogens is 261 g/mol. The highest BCUT2D eigenvalue weighted by atomic mass is 19.1. The van der Waals surface area contributed by atoms with Gasteiger partial charge in [-0.3, -0.25) is 0 Å². The highest BCUT2D eigenvalue weighted by Gasteiger charge is 2.13. The molecular formula is C19H24FN. The van der Waals surface area contributed by atoms with Crippen molar-refractivity contribution >= 4 is 0 Å². The average Bonchev–Trinajstić information content (AvgIpc) is 2.45. The Balaban J connectivity index is 2.24. The minimum atomic E-state index is -0.145. The van der Waals surface area contributed by atoms with Gasteiger partial charge in [0.1, 0.15) is 5.82 Å². The van der Waals surface area contributed by atoms with E-state index in [0.717, 1.165) is 17.7 Å². The van der Waals surface area contributed by atoms with Crippen molar-refractivity contribution in [3.63, 3.8) is 0 Å². The van der Waals surface area contributed by atoms with Crippen LogP contribution in [0, 0.1) is 5.82 Å². The first-order valence-electron chi connectivity index (χ1n) is 7.52. The Hall–Kier alpha value is -1.67. The van der Waals surface area contributed by atoms with Gasteiger partial charge in [-0.05, 0) is 34.7 Å². The van der Waals surface area contributed by atoms with Crippen LogP contribution >= 0.6 is 0 Å². The van der Waals surface area contributed by atoms with Gasteiger partial charge in [0, 0.05) is 12.1 Å². The van der Waals surface area contributed by atoms with Crippen LogP contribution in [0.1, 0.15) is 38.8 Å². The SMILES string of the molecule is CCNCc1ccc(-c2ccc(C(C)(C)C)cc2)cc1F. The molecule has 0 saturated heterocycles. The van der Waals surface area contributed by atoms with Crippen LogP contribution in [0.2, 0.25) is 0 Å². The predicted molar refractivity (Wildman–Crippen MR) is 87.9 cm³/mol. The Labute approximate surface area is 127 Å². The van der Waals surface area contributed by atoms with E-state index in [0.29, 0.717) is 12.1 Å². The molecule has 0 aliphatic carbocycles. The lowest BCUT2D eigenvalue weighted by atomic mass is 9.86. The van der Waals surface area contributed by atoms with Crippen molar-refractivity contribution in [2.75, 3.05) is 6.54 Å². The molecule has 0 aliphatic rings. The molecule has 0 atom stereocenters. The van der Waals surface area contributed by atoms with E-state index in [1.807, 2.05) is 19.1 Å². The quantitative estimate of drug-likeness (QED) is 0.842. The topological polar surface area (TPSA) is 12.0 Å². The Morgan fingerprint density at radius 2 is 1.57 bits per heavy atom. The van der Waals surface area contributed by atoms with Gasteiger partial charge >= 0.3 is 0 Å². The summed E-state index contributed by atoms with van der Waals surface area (Å²) < 4.78 is 14.1. The van der Waals surface area contributed by atoms with E-state index in [-0.39, 0.29) is 11.2 Å². The molecule has 0 radical (unpaired) electrons. The molecule has 2 aromatic rings. The standard InChI is InChI=1S/C19H24FN/c1-5-21-13-16-7-6-15(12-18(16)20)14-8-10-17(11-9-14)19(2,3)4/h6-12,21H,5,13H2,1-4H3. The van der Waals surface area contributed by atoms with Crippen LogP contribution < -0.4 is 5.32 Å². The van der Waals surface area contributed by atoms with Gasteiger partial charge in [-0.25, -0.2) is 4.39 Å². The highest BCUT2D eigenvalue weighted by Crippen LogP contribution is 2.27. The van der Waals surface area contributed by atoms with Gasteiger partial charge in [-0.15, -0.1) is 0 Å². The molecule has 21 heavy (non-hydrogen) atoms. The molecule has 0 saturated carbocycles. The van der Waals surface area contributed by atoms with Gasteiger partial charge in [-0.1, -0.05) is 64.1 Å². The molecule has 0 unspecified atom stereocenters. The molecule has 0 amide bonds. The molecule has 2 aromatic carbocycles. The minimum absolute atomic E-state index is 0.138. The second kappa shape index (κ2) is 6.40. The molecule has 0 fully saturated rings. The zero-order valence-corrected chi connectivity index (χ0v) is 13.3. The Morgan fingerprint density at radius 3 is 2.10 bits per heavy atom. The largest absolute Gasteiger partial charge is 0.313 e. The average molecular weight is 285 g/mol. The highest BCUT2D eigenvalue weighted by molar-refractivity contribution is 5.64. The summed E-state index contributed by atoms with van der Waals surface area (Å²) in [6.45, 7) is 10.0. The van der Waals surface area contributed by atoms with Gasteiger partial charge in [0.2, 0.25) is 0 Å². The lowest BCUT2D eigenvalue weighted by Crippen LogP contribution is -2.12. The molecule has 2 heteroatoms. The van der Waals surface area contributed by atoms with Gasteiger partial charge in [0.05, 0.1) is 0 Å². The van der Waals surface area contributed by atoms with E-state index in [1.165, 1.54) is 5.56 Å². The van der Waals surface area contributed by atoms with Crippen molar-refractivity contribution in [1.29, 1.82) is 0 Å². The van der Waals surface area contributed by atoms with Crippen LogP contribution in [0.15, 0.2) is 42.5 Å². The van der Waals surface area contributed by atoms with Crippen molar-refractivity contribution in [1.82, 2.24) is 5.32 Å². The maximum atomic E-state index is 14.1. The van der Waals surface area contributed by atoms with Crippen molar-refractivity contribution in [2.45, 2.75) is 39.7 Å². The van der Waals surface area contributed by atoms with Crippen LogP contribution in [0.25, 0.3) is 11.1 Å². The molecule has 2 rings (SSSR count). The summed E-state index contributed by atoms with van der Waals surface area (Å²) >= 11 is 0. The van der Waals surface area contributed by atoms with Crippen molar-refractivity contribution in [3.8, 4) is 11.1 Å². The van der Waals surface area contributed by atoms with E-state index in [9.17, 15) is 4.39 Å². The number of hydrogen-bond acceptors (Lipinski definition) is 1. The maximum absolute atomic E-state index is 14.1. The summed E-state index contributed by atoms with van der Waals surface area (Å²) in [6.07, 6.45) is 0. The van der Waals surface area contributed by atoms with Crippen LogP contribution in [0.5, 0.6) is 0 Å². The van der Waals surface area contributed by atoms with Crippen LogP contribution in [-0.4, -0.2) is 6.54 Å². The lowest BCUT2D eigenvalue weighted by Gasteiger charge is -2.19. The lowest BCUT2D eigenvalue weighted by molar-refractivity contribution is 0.590. The minimum Gasteiger partial charge on any atom is -0.313 e. The fourth-order valence-electron chi connectivity index (χ4n) is 2.29. The second-order valence-corrected chi connectivity index (χ2v) is 6.41. The number of rotatable bonds is 4. The monoisotopic (exact) mass is 285 g/mol. The number of benzene rings is 2. The summed E-state index contributed by atoms with van der Waals surface area (Å²) in [7, 11) is 0. The Bertz CT molecular complexity index is 594. The van der Waals surface area contributed by atoms with E-state index >= 15 is 0 Å². The molecule has 0 aromatic heterocycles. The number of nitrogens with one attached hydrogen (secondary N) is 1. The molecule has 1 N–H and O–H groups in total. The van der Waals surface area contributed by atoms with Crippen molar-refractivity contribution in [2.24, 2.45) is 0 Å². The van der Waals surface area contributed by atoms with Crippen molar-refractivity contribution in [3.05, 3.63) is 59.4 Å². The first-order chi connectivity index (χ1) is 9.91. The summed E-state index contributed by atoms with van der Waals surface area (Å²) in [5.41, 5.74) is 4.12. The van der Waals surface area contributed by atoms with E-state index in [2.05, 4.69) is 50.4 Å². The Kier molecular flexibility index (Phi) is 4.79. The maximum Gasteiger partial charge on any atom is 0.128 e. The van der Waals surface area contributed by atoms with E-state index < -0.39 is 0 Å². The third-order valence-electron chi connectivity index (χ3n) is 3.70. The van der Waals surface area contributed by atoms with E-state index in [4.69, 9.17) is 0 Å². The zero-order valence-electron chi connectivity index (χ0n) is 13.3. The fraction of sp³-hybridized carbons (Fsp3) is 0.368. The summed E-state index contributed by atoms with van der Waals surface area (Å²) in [5, 5.41) is 3.15. The van der Waals surface area contributed by atoms with Gasteiger partial charge < -0.3 is 5.32 Å². The summed E-state index contributed by atoms with van der Waals surface area (Å²) in [5.74, 6) is -0.145. The number of hydrogen-bond donors (Lipinski definition) is 1. The Morgan fingerprint density at radius 1 is 0.952 bits per heavy atom. The molecule has 1 nitrogen and oxygen atoms in total. The predicted octanol–water partition coefficient (Wildman–Crippen LogP) is 4.90. The third kappa shape index (κ3) is 3.92. The number of halogens is 1. The molecule has 0 heterocycles. The normalized spacial score (nSPS) is 11.7. The fourth-order valence-corrected chi connectivity index (χ4v) is 2.29. The van der Waals surface area contributed by atoms with Crippen molar-refractivity contribution < 1.29 is 4.39 Å². The van der Waals surface area contributed by atoms with Gasteiger partial charge in [-0.2, -0.15) is 0 Å². The smallest absolute Gasteiger partial charge is 0.128 e. The first kappa shape index (κ1) is 15.7. The first-order valence-corrected chi connectivity index (χ1v) is 7.52. The third-order valence-corrected chi connectivity index (χ3v) is 3.70. The van der Waals surface area contributed by atoms with Gasteiger partial charge in [0.25, 0.3) is 0 Å². The molecule has 0 bridgehead atoms. The van der Waals surface area contributed by atoms with Gasteiger partial charge in [0.15, 0.2) is 0 Å². The van der Waals surface area contributed by atoms with Crippen LogP contribution in [-0.2, 0) is 12.0 Å². The summed E-state index contributed by atoms with van der Waals surface area (Å²) in [6, 6.07) is 13.9. The van der Waals surface area contributed by atoms with Crippen LogP contribution in [0.4, 0.5) is 4.39 Å². The zero-order chi connectivity index (χ0) is 15.5. The van der Waals surface area contributed by atoms with Crippen LogP contribution in [0.3, 0.4) is 0 Å². The summed E-state index contributed by atoms with van der Waals surface area (Å²) in [4.78, 5) is 0. The molecule has 0 spiro atoms.